The van der Waals surface area contributed by atoms with Crippen molar-refractivity contribution in [1.29, 1.82) is 0 Å². The number of nitrogens with zero attached hydrogens (tertiary/aromatic N) is 1. The molecule has 2 rings (SSSR count). The van der Waals surface area contributed by atoms with Crippen LogP contribution in [0.2, 0.25) is 0 Å². The number of rotatable bonds is 5. The minimum absolute atomic E-state index is 0.638. The Morgan fingerprint density at radius 1 is 1.35 bits per heavy atom. The summed E-state index contributed by atoms with van der Waals surface area (Å²) in [7, 11) is 0. The normalized spacial score (nSPS) is 23.1. The molecule has 1 heterocycles. The van der Waals surface area contributed by atoms with E-state index in [0.29, 0.717) is 6.04 Å². The first kappa shape index (κ1) is 15.8. The molecular formula is C17H27BrN2. The number of piperidine rings is 1. The first-order valence-electron chi connectivity index (χ1n) is 7.87. The van der Waals surface area contributed by atoms with E-state index in [1.165, 1.54) is 41.5 Å². The Bertz CT molecular complexity index is 433. The van der Waals surface area contributed by atoms with Gasteiger partial charge in [0.2, 0.25) is 0 Å². The second-order valence-electron chi connectivity index (χ2n) is 6.13. The van der Waals surface area contributed by atoms with Crippen LogP contribution in [0.25, 0.3) is 0 Å². The molecule has 0 aliphatic carbocycles. The molecule has 2 unspecified atom stereocenters. The lowest BCUT2D eigenvalue weighted by Gasteiger charge is -2.39. The molecule has 0 aromatic heterocycles. The fourth-order valence-electron chi connectivity index (χ4n) is 3.07. The van der Waals surface area contributed by atoms with E-state index >= 15 is 0 Å². The van der Waals surface area contributed by atoms with Crippen LogP contribution < -0.4 is 10.2 Å². The van der Waals surface area contributed by atoms with E-state index in [2.05, 4.69) is 65.1 Å². The molecule has 1 aliphatic rings. The van der Waals surface area contributed by atoms with E-state index in [9.17, 15) is 0 Å². The Kier molecular flexibility index (Phi) is 5.91. The molecule has 2 atom stereocenters. The van der Waals surface area contributed by atoms with E-state index < -0.39 is 0 Å². The summed E-state index contributed by atoms with van der Waals surface area (Å²) in [5, 5.41) is 3.46. The van der Waals surface area contributed by atoms with Gasteiger partial charge in [0.1, 0.15) is 0 Å². The van der Waals surface area contributed by atoms with Gasteiger partial charge in [-0.05, 0) is 72.3 Å². The van der Waals surface area contributed by atoms with E-state index in [1.54, 1.807) is 0 Å². The third-order valence-corrected chi connectivity index (χ3v) is 4.85. The number of hydrogen-bond acceptors (Lipinski definition) is 2. The van der Waals surface area contributed by atoms with Gasteiger partial charge in [-0.25, -0.2) is 0 Å². The van der Waals surface area contributed by atoms with Crippen LogP contribution in [0.5, 0.6) is 0 Å². The van der Waals surface area contributed by atoms with E-state index in [-0.39, 0.29) is 0 Å². The smallest absolute Gasteiger partial charge is 0.0513 e. The minimum atomic E-state index is 0.638. The van der Waals surface area contributed by atoms with Gasteiger partial charge in [0, 0.05) is 23.6 Å². The zero-order valence-electron chi connectivity index (χ0n) is 13.0. The number of hydrogen-bond donors (Lipinski definition) is 1. The van der Waals surface area contributed by atoms with Gasteiger partial charge in [0.05, 0.1) is 5.69 Å². The molecule has 2 nitrogen and oxygen atoms in total. The summed E-state index contributed by atoms with van der Waals surface area (Å²) in [6.45, 7) is 10.1. The molecule has 0 spiro atoms. The lowest BCUT2D eigenvalue weighted by atomic mass is 9.93. The van der Waals surface area contributed by atoms with Crippen molar-refractivity contribution in [2.45, 2.75) is 52.6 Å². The zero-order valence-corrected chi connectivity index (χ0v) is 14.5. The van der Waals surface area contributed by atoms with Gasteiger partial charge < -0.3 is 10.2 Å². The molecule has 0 bridgehead atoms. The molecule has 20 heavy (non-hydrogen) atoms. The lowest BCUT2D eigenvalue weighted by molar-refractivity contribution is 0.377. The molecule has 1 fully saturated rings. The molecule has 1 aliphatic heterocycles. The van der Waals surface area contributed by atoms with Crippen molar-refractivity contribution >= 4 is 21.6 Å². The first-order chi connectivity index (χ1) is 9.61. The van der Waals surface area contributed by atoms with E-state index in [0.717, 1.165) is 19.0 Å². The maximum Gasteiger partial charge on any atom is 0.0513 e. The minimum Gasteiger partial charge on any atom is -0.368 e. The Morgan fingerprint density at radius 3 is 2.80 bits per heavy atom. The molecular weight excluding hydrogens is 312 g/mol. The Hall–Kier alpha value is -0.540. The molecule has 0 amide bonds. The second-order valence-corrected chi connectivity index (χ2v) is 6.99. The van der Waals surface area contributed by atoms with Crippen molar-refractivity contribution < 1.29 is 0 Å². The predicted octanol–water partition coefficient (Wildman–Crippen LogP) is 4.57. The highest BCUT2D eigenvalue weighted by Gasteiger charge is 2.24. The zero-order chi connectivity index (χ0) is 14.5. The predicted molar refractivity (Wildman–Crippen MR) is 91.3 cm³/mol. The third kappa shape index (κ3) is 3.98. The molecule has 1 saturated heterocycles. The quantitative estimate of drug-likeness (QED) is 0.791. The van der Waals surface area contributed by atoms with E-state index in [4.69, 9.17) is 0 Å². The SMILES string of the molecule is CCCNCc1ccc(N2CCC(C)CC2C)c(Br)c1. The first-order valence-corrected chi connectivity index (χ1v) is 8.67. The van der Waals surface area contributed by atoms with Gasteiger partial charge in [-0.1, -0.05) is 19.9 Å². The second kappa shape index (κ2) is 7.46. The molecule has 0 radical (unpaired) electrons. The van der Waals surface area contributed by atoms with Crippen LogP contribution in [0.3, 0.4) is 0 Å². The number of halogens is 1. The van der Waals surface area contributed by atoms with Crippen LogP contribution in [0.4, 0.5) is 5.69 Å². The van der Waals surface area contributed by atoms with Crippen LogP contribution in [-0.2, 0) is 6.54 Å². The standard InChI is InChI=1S/C17H27BrN2/c1-4-8-19-12-15-5-6-17(16(18)11-15)20-9-7-13(2)10-14(20)3/h5-6,11,13-14,19H,4,7-10,12H2,1-3H3. The van der Waals surface area contributed by atoms with Gasteiger partial charge in [-0.3, -0.25) is 0 Å². The molecule has 1 aromatic carbocycles. The lowest BCUT2D eigenvalue weighted by Crippen LogP contribution is -2.40. The highest BCUT2D eigenvalue weighted by molar-refractivity contribution is 9.10. The fraction of sp³-hybridized carbons (Fsp3) is 0.647. The van der Waals surface area contributed by atoms with Gasteiger partial charge in [-0.2, -0.15) is 0 Å². The van der Waals surface area contributed by atoms with Crippen LogP contribution in [0.1, 0.15) is 45.6 Å². The average molecular weight is 339 g/mol. The van der Waals surface area contributed by atoms with Gasteiger partial charge in [-0.15, -0.1) is 0 Å². The van der Waals surface area contributed by atoms with Crippen LogP contribution >= 0.6 is 15.9 Å². The summed E-state index contributed by atoms with van der Waals surface area (Å²) in [5.41, 5.74) is 2.70. The van der Waals surface area contributed by atoms with Crippen molar-refractivity contribution in [3.63, 3.8) is 0 Å². The van der Waals surface area contributed by atoms with Crippen molar-refractivity contribution in [3.05, 3.63) is 28.2 Å². The number of anilines is 1. The molecule has 1 aromatic rings. The Balaban J connectivity index is 2.05. The monoisotopic (exact) mass is 338 g/mol. The van der Waals surface area contributed by atoms with Gasteiger partial charge >= 0.3 is 0 Å². The van der Waals surface area contributed by atoms with Crippen molar-refractivity contribution in [1.82, 2.24) is 5.32 Å². The summed E-state index contributed by atoms with van der Waals surface area (Å²) in [6, 6.07) is 7.44. The molecule has 1 N–H and O–H groups in total. The molecule has 0 saturated carbocycles. The number of benzene rings is 1. The largest absolute Gasteiger partial charge is 0.368 e. The summed E-state index contributed by atoms with van der Waals surface area (Å²) in [5.74, 6) is 0.859. The summed E-state index contributed by atoms with van der Waals surface area (Å²) < 4.78 is 1.23. The average Bonchev–Trinajstić information content (AvgIpc) is 2.40. The van der Waals surface area contributed by atoms with Crippen molar-refractivity contribution in [3.8, 4) is 0 Å². The maximum atomic E-state index is 3.76. The third-order valence-electron chi connectivity index (χ3n) is 4.22. The maximum absolute atomic E-state index is 3.76. The number of nitrogens with one attached hydrogen (secondary N) is 1. The van der Waals surface area contributed by atoms with Gasteiger partial charge in [0.25, 0.3) is 0 Å². The van der Waals surface area contributed by atoms with Crippen molar-refractivity contribution in [2.75, 3.05) is 18.0 Å². The van der Waals surface area contributed by atoms with Crippen LogP contribution in [-0.4, -0.2) is 19.1 Å². The Morgan fingerprint density at radius 2 is 2.15 bits per heavy atom. The molecule has 3 heteroatoms. The fourth-order valence-corrected chi connectivity index (χ4v) is 3.72. The summed E-state index contributed by atoms with van der Waals surface area (Å²) in [6.07, 6.45) is 3.78. The Labute approximate surface area is 132 Å². The molecule has 112 valence electrons. The van der Waals surface area contributed by atoms with Crippen LogP contribution in [0, 0.1) is 5.92 Å². The summed E-state index contributed by atoms with van der Waals surface area (Å²) >= 11 is 3.76. The highest BCUT2D eigenvalue weighted by atomic mass is 79.9. The van der Waals surface area contributed by atoms with Gasteiger partial charge in [0.15, 0.2) is 0 Å². The van der Waals surface area contributed by atoms with Crippen molar-refractivity contribution in [2.24, 2.45) is 5.92 Å². The highest BCUT2D eigenvalue weighted by Crippen LogP contribution is 2.33. The topological polar surface area (TPSA) is 15.3 Å². The van der Waals surface area contributed by atoms with Crippen LogP contribution in [0.15, 0.2) is 22.7 Å². The van der Waals surface area contributed by atoms with E-state index in [1.807, 2.05) is 0 Å². The summed E-state index contributed by atoms with van der Waals surface area (Å²) in [4.78, 5) is 2.55.